The quantitative estimate of drug-likeness (QED) is 0.681. The van der Waals surface area contributed by atoms with Gasteiger partial charge in [0.25, 0.3) is 0 Å². The Balaban J connectivity index is 2.95. The fraction of sp³-hybridized carbons (Fsp3) is 1.00. The van der Waals surface area contributed by atoms with Gasteiger partial charge in [-0.15, -0.1) is 0 Å². The highest BCUT2D eigenvalue weighted by Gasteiger charge is 2.56. The van der Waals surface area contributed by atoms with Crippen LogP contribution in [-0.2, 0) is 18.9 Å². The van der Waals surface area contributed by atoms with Gasteiger partial charge in [0, 0.05) is 21.3 Å². The Labute approximate surface area is 90.8 Å². The first-order valence-corrected chi connectivity index (χ1v) is 5.20. The molecule has 1 aliphatic heterocycles. The maximum absolute atomic E-state index is 5.60. The van der Waals surface area contributed by atoms with Crippen LogP contribution < -0.4 is 5.73 Å². The molecule has 15 heavy (non-hydrogen) atoms. The molecule has 0 radical (unpaired) electrons. The minimum absolute atomic E-state index is 0.506. The van der Waals surface area contributed by atoms with Crippen molar-refractivity contribution in [2.75, 3.05) is 34.5 Å². The lowest BCUT2D eigenvalue weighted by Gasteiger charge is -2.49. The van der Waals surface area contributed by atoms with Crippen LogP contribution in [0, 0.1) is 0 Å². The average Bonchev–Trinajstić information content (AvgIpc) is 2.30. The van der Waals surface area contributed by atoms with E-state index in [-0.39, 0.29) is 0 Å². The Morgan fingerprint density at radius 3 is 2.33 bits per heavy atom. The summed E-state index contributed by atoms with van der Waals surface area (Å²) in [5.74, 6) is -1.13. The van der Waals surface area contributed by atoms with E-state index in [0.717, 1.165) is 12.8 Å². The van der Waals surface area contributed by atoms with E-state index in [0.29, 0.717) is 19.6 Å². The van der Waals surface area contributed by atoms with Gasteiger partial charge in [0.05, 0.1) is 6.61 Å². The molecule has 0 aromatic carbocycles. The lowest BCUT2D eigenvalue weighted by atomic mass is 9.88. The number of ether oxygens (including phenoxy) is 4. The molecule has 90 valence electrons. The van der Waals surface area contributed by atoms with Gasteiger partial charge in [-0.05, 0) is 25.8 Å². The van der Waals surface area contributed by atoms with Crippen LogP contribution in [-0.4, -0.2) is 46.1 Å². The largest absolute Gasteiger partial charge is 0.370 e. The molecule has 0 bridgehead atoms. The summed E-state index contributed by atoms with van der Waals surface area (Å²) >= 11 is 0. The minimum Gasteiger partial charge on any atom is -0.370 e. The van der Waals surface area contributed by atoms with Gasteiger partial charge in [-0.25, -0.2) is 0 Å². The SMILES string of the molecule is COC1(CCN)CCCOC1(OC)OC. The Morgan fingerprint density at radius 2 is 1.87 bits per heavy atom. The third-order valence-corrected chi connectivity index (χ3v) is 3.05. The third kappa shape index (κ3) is 2.03. The van der Waals surface area contributed by atoms with Crippen LogP contribution in [0.4, 0.5) is 0 Å². The van der Waals surface area contributed by atoms with Crippen molar-refractivity contribution in [3.8, 4) is 0 Å². The first kappa shape index (κ1) is 12.9. The molecule has 1 atom stereocenters. The average molecular weight is 219 g/mol. The zero-order valence-corrected chi connectivity index (χ0v) is 9.75. The van der Waals surface area contributed by atoms with Gasteiger partial charge < -0.3 is 24.7 Å². The van der Waals surface area contributed by atoms with Crippen molar-refractivity contribution in [3.63, 3.8) is 0 Å². The monoisotopic (exact) mass is 219 g/mol. The maximum Gasteiger partial charge on any atom is 0.313 e. The van der Waals surface area contributed by atoms with E-state index in [9.17, 15) is 0 Å². The molecule has 2 N–H and O–H groups in total. The van der Waals surface area contributed by atoms with Crippen molar-refractivity contribution < 1.29 is 18.9 Å². The molecule has 1 aliphatic rings. The molecule has 0 aromatic rings. The number of hydrogen-bond donors (Lipinski definition) is 1. The number of methoxy groups -OCH3 is 3. The summed E-state index contributed by atoms with van der Waals surface area (Å²) < 4.78 is 21.9. The number of hydrogen-bond acceptors (Lipinski definition) is 5. The van der Waals surface area contributed by atoms with Gasteiger partial charge in [0.1, 0.15) is 0 Å². The highest BCUT2D eigenvalue weighted by molar-refractivity contribution is 4.93. The molecule has 0 aromatic heterocycles. The predicted octanol–water partition coefficient (Wildman–Crippen LogP) is 0.477. The van der Waals surface area contributed by atoms with Crippen molar-refractivity contribution in [1.82, 2.24) is 0 Å². The molecule has 1 rings (SSSR count). The first-order valence-electron chi connectivity index (χ1n) is 5.20. The van der Waals surface area contributed by atoms with Crippen molar-refractivity contribution in [3.05, 3.63) is 0 Å². The number of rotatable bonds is 5. The van der Waals surface area contributed by atoms with E-state index in [2.05, 4.69) is 0 Å². The van der Waals surface area contributed by atoms with Crippen LogP contribution in [0.5, 0.6) is 0 Å². The fourth-order valence-corrected chi connectivity index (χ4v) is 2.26. The Morgan fingerprint density at radius 1 is 1.20 bits per heavy atom. The normalized spacial score (nSPS) is 30.4. The van der Waals surface area contributed by atoms with Gasteiger partial charge >= 0.3 is 5.97 Å². The van der Waals surface area contributed by atoms with Gasteiger partial charge in [-0.3, -0.25) is 0 Å². The Kier molecular flexibility index (Phi) is 4.48. The van der Waals surface area contributed by atoms with Crippen molar-refractivity contribution in [2.45, 2.75) is 30.8 Å². The molecular weight excluding hydrogens is 198 g/mol. The Hall–Kier alpha value is -0.200. The molecule has 1 heterocycles. The molecule has 0 aliphatic carbocycles. The second kappa shape index (κ2) is 5.23. The molecule has 0 amide bonds. The highest BCUT2D eigenvalue weighted by Crippen LogP contribution is 2.41. The highest BCUT2D eigenvalue weighted by atomic mass is 16.9. The van der Waals surface area contributed by atoms with Crippen molar-refractivity contribution in [1.29, 1.82) is 0 Å². The molecule has 1 fully saturated rings. The summed E-state index contributed by atoms with van der Waals surface area (Å²) in [5, 5.41) is 0. The van der Waals surface area contributed by atoms with Gasteiger partial charge in [0.2, 0.25) is 0 Å². The summed E-state index contributed by atoms with van der Waals surface area (Å²) in [6.45, 7) is 1.11. The molecule has 1 unspecified atom stereocenters. The van der Waals surface area contributed by atoms with E-state index >= 15 is 0 Å². The van der Waals surface area contributed by atoms with Crippen LogP contribution in [0.1, 0.15) is 19.3 Å². The van der Waals surface area contributed by atoms with Crippen LogP contribution in [0.25, 0.3) is 0 Å². The van der Waals surface area contributed by atoms with Gasteiger partial charge in [-0.1, -0.05) is 0 Å². The van der Waals surface area contributed by atoms with Crippen LogP contribution >= 0.6 is 0 Å². The molecular formula is C10H21NO4. The lowest BCUT2D eigenvalue weighted by Crippen LogP contribution is -2.62. The first-order chi connectivity index (χ1) is 7.20. The summed E-state index contributed by atoms with van der Waals surface area (Å²) in [7, 11) is 4.75. The number of nitrogens with two attached hydrogens (primary N) is 1. The smallest absolute Gasteiger partial charge is 0.313 e. The van der Waals surface area contributed by atoms with E-state index in [4.69, 9.17) is 24.7 Å². The fourth-order valence-electron chi connectivity index (χ4n) is 2.26. The molecule has 5 heteroatoms. The van der Waals surface area contributed by atoms with Gasteiger partial charge in [-0.2, -0.15) is 0 Å². The van der Waals surface area contributed by atoms with Crippen molar-refractivity contribution in [2.24, 2.45) is 5.73 Å². The van der Waals surface area contributed by atoms with Crippen LogP contribution in [0.2, 0.25) is 0 Å². The zero-order valence-electron chi connectivity index (χ0n) is 9.75. The van der Waals surface area contributed by atoms with E-state index < -0.39 is 11.6 Å². The van der Waals surface area contributed by atoms with E-state index in [1.54, 1.807) is 21.3 Å². The molecule has 0 saturated carbocycles. The maximum atomic E-state index is 5.60. The lowest BCUT2D eigenvalue weighted by molar-refractivity contribution is -0.444. The standard InChI is InChI=1S/C10H21NO4/c1-12-9(6-7-11)5-4-8-15-10(9,13-2)14-3/h4-8,11H2,1-3H3. The van der Waals surface area contributed by atoms with Crippen molar-refractivity contribution >= 4 is 0 Å². The summed E-state index contributed by atoms with van der Waals surface area (Å²) in [6.07, 6.45) is 2.38. The minimum atomic E-state index is -1.13. The van der Waals surface area contributed by atoms with Gasteiger partial charge in [0.15, 0.2) is 5.60 Å². The molecule has 5 nitrogen and oxygen atoms in total. The zero-order chi connectivity index (χ0) is 11.4. The van der Waals surface area contributed by atoms with E-state index in [1.165, 1.54) is 0 Å². The molecule has 1 saturated heterocycles. The van der Waals surface area contributed by atoms with Crippen LogP contribution in [0.15, 0.2) is 0 Å². The second-order valence-corrected chi connectivity index (χ2v) is 3.65. The topological polar surface area (TPSA) is 62.9 Å². The van der Waals surface area contributed by atoms with E-state index in [1.807, 2.05) is 0 Å². The van der Waals surface area contributed by atoms with Crippen LogP contribution in [0.3, 0.4) is 0 Å². The Bertz CT molecular complexity index is 192. The summed E-state index contributed by atoms with van der Waals surface area (Å²) in [4.78, 5) is 0. The summed E-state index contributed by atoms with van der Waals surface area (Å²) in [5.41, 5.74) is 5.00. The molecule has 0 spiro atoms. The second-order valence-electron chi connectivity index (χ2n) is 3.65. The predicted molar refractivity (Wildman–Crippen MR) is 55.3 cm³/mol. The summed E-state index contributed by atoms with van der Waals surface area (Å²) in [6, 6.07) is 0. The third-order valence-electron chi connectivity index (χ3n) is 3.05.